The Morgan fingerprint density at radius 1 is 1.26 bits per heavy atom. The Hall–Kier alpha value is -1.68. The molecular formula is C15H24N2O2. The van der Waals surface area contributed by atoms with Gasteiger partial charge in [-0.2, -0.15) is 0 Å². The molecule has 0 aromatic rings. The van der Waals surface area contributed by atoms with E-state index in [9.17, 15) is 9.59 Å². The van der Waals surface area contributed by atoms with E-state index in [1.54, 1.807) is 30.2 Å². The monoisotopic (exact) mass is 264 g/mol. The molecule has 0 saturated heterocycles. The van der Waals surface area contributed by atoms with Gasteiger partial charge in [0.25, 0.3) is 5.91 Å². The summed E-state index contributed by atoms with van der Waals surface area (Å²) in [6.07, 6.45) is 6.18. The molecule has 0 aromatic heterocycles. The van der Waals surface area contributed by atoms with Crippen LogP contribution in [0, 0.1) is 0 Å². The smallest absolute Gasteiger partial charge is 0.254 e. The zero-order valence-electron chi connectivity index (χ0n) is 12.5. The van der Waals surface area contributed by atoms with Crippen molar-refractivity contribution in [2.45, 2.75) is 19.9 Å². The van der Waals surface area contributed by atoms with Crippen molar-refractivity contribution in [3.05, 3.63) is 36.5 Å². The third-order valence-corrected chi connectivity index (χ3v) is 2.63. The van der Waals surface area contributed by atoms with Crippen molar-refractivity contribution in [1.82, 2.24) is 9.80 Å². The van der Waals surface area contributed by atoms with Crippen LogP contribution in [0.3, 0.4) is 0 Å². The Morgan fingerprint density at radius 3 is 2.26 bits per heavy atom. The second kappa shape index (κ2) is 8.43. The van der Waals surface area contributed by atoms with Crippen LogP contribution in [-0.2, 0) is 9.59 Å². The molecule has 19 heavy (non-hydrogen) atoms. The summed E-state index contributed by atoms with van der Waals surface area (Å²) in [5.41, 5.74) is 0.375. The van der Waals surface area contributed by atoms with Crippen LogP contribution in [0.1, 0.15) is 13.8 Å². The molecule has 4 heteroatoms. The summed E-state index contributed by atoms with van der Waals surface area (Å²) in [5, 5.41) is 0. The number of hydrogen-bond donors (Lipinski definition) is 0. The van der Waals surface area contributed by atoms with Gasteiger partial charge in [0.15, 0.2) is 5.78 Å². The first-order chi connectivity index (χ1) is 8.79. The lowest BCUT2D eigenvalue weighted by Gasteiger charge is -2.27. The van der Waals surface area contributed by atoms with E-state index in [1.807, 2.05) is 25.9 Å². The predicted octanol–water partition coefficient (Wildman–Crippen LogP) is 1.65. The molecule has 1 atom stereocenters. The Bertz CT molecular complexity index is 395. The largest absolute Gasteiger partial charge is 0.338 e. The van der Waals surface area contributed by atoms with Crippen LogP contribution in [-0.4, -0.2) is 55.2 Å². The number of hydrogen-bond acceptors (Lipinski definition) is 3. The number of carbonyl (C=O) groups is 2. The molecule has 0 aliphatic rings. The minimum absolute atomic E-state index is 0.0648. The molecule has 0 spiro atoms. The predicted molar refractivity (Wildman–Crippen MR) is 78.9 cm³/mol. The second-order valence-corrected chi connectivity index (χ2v) is 4.83. The molecule has 0 rings (SSSR count). The summed E-state index contributed by atoms with van der Waals surface area (Å²) in [5.74, 6) is -0.312. The van der Waals surface area contributed by atoms with E-state index in [0.29, 0.717) is 5.57 Å². The van der Waals surface area contributed by atoms with Crippen LogP contribution in [0.2, 0.25) is 0 Å². The lowest BCUT2D eigenvalue weighted by Crippen LogP contribution is -2.41. The fraction of sp³-hybridized carbons (Fsp3) is 0.467. The lowest BCUT2D eigenvalue weighted by atomic mass is 10.1. The van der Waals surface area contributed by atoms with E-state index < -0.39 is 0 Å². The Labute approximate surface area is 116 Å². The highest BCUT2D eigenvalue weighted by molar-refractivity contribution is 6.03. The third-order valence-electron chi connectivity index (χ3n) is 2.63. The van der Waals surface area contributed by atoms with E-state index in [-0.39, 0.29) is 17.7 Å². The minimum Gasteiger partial charge on any atom is -0.338 e. The van der Waals surface area contributed by atoms with E-state index in [1.165, 1.54) is 13.0 Å². The number of carbonyl (C=O) groups excluding carboxylic acids is 2. The van der Waals surface area contributed by atoms with Crippen LogP contribution in [0.4, 0.5) is 0 Å². The van der Waals surface area contributed by atoms with Gasteiger partial charge in [-0.05, 0) is 40.1 Å². The average molecular weight is 264 g/mol. The third kappa shape index (κ3) is 6.72. The van der Waals surface area contributed by atoms with Crippen LogP contribution < -0.4 is 0 Å². The highest BCUT2D eigenvalue weighted by Gasteiger charge is 2.18. The lowest BCUT2D eigenvalue weighted by molar-refractivity contribution is -0.127. The number of rotatable bonds is 7. The molecule has 1 amide bonds. The summed E-state index contributed by atoms with van der Waals surface area (Å²) in [6, 6.07) is 0.0648. The molecular weight excluding hydrogens is 240 g/mol. The van der Waals surface area contributed by atoms with Crippen molar-refractivity contribution >= 4 is 11.7 Å². The quantitative estimate of drug-likeness (QED) is 0.518. The molecule has 0 N–H and O–H groups in total. The summed E-state index contributed by atoms with van der Waals surface area (Å²) < 4.78 is 0. The molecule has 106 valence electrons. The van der Waals surface area contributed by atoms with Gasteiger partial charge in [-0.15, -0.1) is 0 Å². The first-order valence-corrected chi connectivity index (χ1v) is 6.22. The first-order valence-electron chi connectivity index (χ1n) is 6.22. The molecule has 0 fully saturated rings. The highest BCUT2D eigenvalue weighted by atomic mass is 16.2. The Kier molecular flexibility index (Phi) is 7.68. The average Bonchev–Trinajstić information content (AvgIpc) is 2.31. The fourth-order valence-corrected chi connectivity index (χ4v) is 1.63. The minimum atomic E-state index is -0.164. The van der Waals surface area contributed by atoms with Crippen molar-refractivity contribution in [3.8, 4) is 0 Å². The van der Waals surface area contributed by atoms with Gasteiger partial charge >= 0.3 is 0 Å². The summed E-state index contributed by atoms with van der Waals surface area (Å²) in [6.45, 7) is 7.73. The molecule has 0 aliphatic carbocycles. The maximum absolute atomic E-state index is 12.3. The molecule has 0 bridgehead atoms. The van der Waals surface area contributed by atoms with Gasteiger partial charge in [-0.1, -0.05) is 18.7 Å². The van der Waals surface area contributed by atoms with Gasteiger partial charge in [0.1, 0.15) is 0 Å². The number of ketones is 1. The summed E-state index contributed by atoms with van der Waals surface area (Å²) in [4.78, 5) is 27.1. The van der Waals surface area contributed by atoms with E-state index in [2.05, 4.69) is 6.58 Å². The van der Waals surface area contributed by atoms with Crippen molar-refractivity contribution in [3.63, 3.8) is 0 Å². The summed E-state index contributed by atoms with van der Waals surface area (Å²) in [7, 11) is 5.66. The van der Waals surface area contributed by atoms with Gasteiger partial charge < -0.3 is 9.80 Å². The van der Waals surface area contributed by atoms with Gasteiger partial charge in [0, 0.05) is 25.2 Å². The molecule has 0 saturated carbocycles. The van der Waals surface area contributed by atoms with Crippen LogP contribution >= 0.6 is 0 Å². The number of allylic oxidation sites excluding steroid dienone is 3. The fourth-order valence-electron chi connectivity index (χ4n) is 1.63. The molecule has 0 heterocycles. The SMILES string of the molecule is C=C/C=C\C(=C\C(C)=O)C(=O)N(C)C(C)CN(C)C. The van der Waals surface area contributed by atoms with E-state index in [0.717, 1.165) is 6.54 Å². The van der Waals surface area contributed by atoms with Gasteiger partial charge in [0.2, 0.25) is 0 Å². The van der Waals surface area contributed by atoms with Gasteiger partial charge in [-0.3, -0.25) is 9.59 Å². The second-order valence-electron chi connectivity index (χ2n) is 4.83. The molecule has 0 aliphatic heterocycles. The van der Waals surface area contributed by atoms with Crippen molar-refractivity contribution in [2.24, 2.45) is 0 Å². The van der Waals surface area contributed by atoms with Crippen molar-refractivity contribution in [2.75, 3.05) is 27.7 Å². The van der Waals surface area contributed by atoms with Gasteiger partial charge in [0.05, 0.1) is 0 Å². The molecule has 0 aromatic carbocycles. The Balaban J connectivity index is 5.04. The highest BCUT2D eigenvalue weighted by Crippen LogP contribution is 2.07. The number of nitrogens with zero attached hydrogens (tertiary/aromatic N) is 2. The van der Waals surface area contributed by atoms with Crippen molar-refractivity contribution in [1.29, 1.82) is 0 Å². The Morgan fingerprint density at radius 2 is 1.84 bits per heavy atom. The zero-order valence-corrected chi connectivity index (χ0v) is 12.5. The maximum atomic E-state index is 12.3. The normalized spacial score (nSPS) is 13.7. The molecule has 4 nitrogen and oxygen atoms in total. The molecule has 0 radical (unpaired) electrons. The van der Waals surface area contributed by atoms with Gasteiger partial charge in [-0.25, -0.2) is 0 Å². The topological polar surface area (TPSA) is 40.6 Å². The zero-order chi connectivity index (χ0) is 15.0. The van der Waals surface area contributed by atoms with Crippen molar-refractivity contribution < 1.29 is 9.59 Å². The number of amides is 1. The van der Waals surface area contributed by atoms with E-state index >= 15 is 0 Å². The molecule has 1 unspecified atom stereocenters. The van der Waals surface area contributed by atoms with Crippen LogP contribution in [0.15, 0.2) is 36.5 Å². The number of likely N-dealkylation sites (N-methyl/N-ethyl adjacent to an activating group) is 2. The first kappa shape index (κ1) is 17.3. The van der Waals surface area contributed by atoms with Crippen LogP contribution in [0.5, 0.6) is 0 Å². The summed E-state index contributed by atoms with van der Waals surface area (Å²) >= 11 is 0. The standard InChI is InChI=1S/C15H24N2O2/c1-7-8-9-14(10-13(3)18)15(19)17(6)12(2)11-16(4)5/h7-10,12H,1,11H2,2-6H3/b9-8-,14-10-. The van der Waals surface area contributed by atoms with E-state index in [4.69, 9.17) is 0 Å². The maximum Gasteiger partial charge on any atom is 0.254 e. The van der Waals surface area contributed by atoms with Crippen LogP contribution in [0.25, 0.3) is 0 Å².